The maximum absolute atomic E-state index is 14.1. The van der Waals surface area contributed by atoms with Crippen molar-refractivity contribution in [2.24, 2.45) is 11.8 Å². The first kappa shape index (κ1) is 29.8. The Morgan fingerprint density at radius 1 is 1.09 bits per heavy atom. The largest absolute Gasteiger partial charge is 0.494 e. The molecule has 1 atom stereocenters. The Balaban J connectivity index is 1.38. The van der Waals surface area contributed by atoms with E-state index in [4.69, 9.17) is 4.74 Å². The fourth-order valence-electron chi connectivity index (χ4n) is 5.15. The van der Waals surface area contributed by atoms with Gasteiger partial charge in [0, 0.05) is 62.3 Å². The third-order valence-corrected chi connectivity index (χ3v) is 7.72. The van der Waals surface area contributed by atoms with Crippen molar-refractivity contribution in [3.63, 3.8) is 0 Å². The third kappa shape index (κ3) is 6.55. The molecule has 0 aliphatic heterocycles. The van der Waals surface area contributed by atoms with Crippen LogP contribution in [-0.4, -0.2) is 71.5 Å². The first-order chi connectivity index (χ1) is 20.6. The highest BCUT2D eigenvalue weighted by atomic mass is 19.3. The number of pyridine rings is 1. The van der Waals surface area contributed by atoms with E-state index in [1.54, 1.807) is 24.3 Å². The molecule has 3 amide bonds. The van der Waals surface area contributed by atoms with Crippen LogP contribution in [0.3, 0.4) is 0 Å². The molecule has 2 heterocycles. The van der Waals surface area contributed by atoms with E-state index in [0.717, 1.165) is 12.8 Å². The number of benzene rings is 1. The zero-order chi connectivity index (χ0) is 30.7. The van der Waals surface area contributed by atoms with Gasteiger partial charge in [-0.25, -0.2) is 8.78 Å². The summed E-state index contributed by atoms with van der Waals surface area (Å²) in [6.07, 6.45) is 3.85. The normalized spacial score (nSPS) is 17.2. The summed E-state index contributed by atoms with van der Waals surface area (Å²) < 4.78 is 33.9. The Morgan fingerprint density at radius 3 is 2.51 bits per heavy atom. The molecule has 226 valence electrons. The lowest BCUT2D eigenvalue weighted by atomic mass is 10.0. The van der Waals surface area contributed by atoms with E-state index in [-0.39, 0.29) is 42.0 Å². The van der Waals surface area contributed by atoms with Gasteiger partial charge in [0.1, 0.15) is 11.4 Å². The molecule has 11 nitrogen and oxygen atoms in total. The Labute approximate surface area is 247 Å². The van der Waals surface area contributed by atoms with Crippen LogP contribution in [0, 0.1) is 11.8 Å². The molecule has 3 aromatic rings. The molecule has 5 rings (SSSR count). The number of carbonyl (C=O) groups is 3. The van der Waals surface area contributed by atoms with Crippen molar-refractivity contribution < 1.29 is 27.9 Å². The highest BCUT2D eigenvalue weighted by Crippen LogP contribution is 2.41. The van der Waals surface area contributed by atoms with Gasteiger partial charge in [0.25, 0.3) is 17.7 Å². The van der Waals surface area contributed by atoms with Gasteiger partial charge in [-0.15, -0.1) is 10.2 Å². The van der Waals surface area contributed by atoms with Gasteiger partial charge in [-0.3, -0.25) is 19.4 Å². The monoisotopic (exact) mass is 593 g/mol. The van der Waals surface area contributed by atoms with Crippen molar-refractivity contribution in [1.82, 2.24) is 25.4 Å². The molecule has 3 N–H and O–H groups in total. The van der Waals surface area contributed by atoms with Gasteiger partial charge in [-0.1, -0.05) is 18.2 Å². The number of para-hydroxylation sites is 1. The predicted octanol–water partition coefficient (Wildman–Crippen LogP) is 4.51. The average Bonchev–Trinajstić information content (AvgIpc) is 3.81. The van der Waals surface area contributed by atoms with Crippen LogP contribution in [-0.2, 0) is 4.79 Å². The molecule has 43 heavy (non-hydrogen) atoms. The van der Waals surface area contributed by atoms with E-state index in [9.17, 15) is 23.2 Å². The number of alkyl halides is 2. The van der Waals surface area contributed by atoms with Crippen LogP contribution >= 0.6 is 0 Å². The lowest BCUT2D eigenvalue weighted by molar-refractivity contribution is -0.117. The average molecular weight is 594 g/mol. The summed E-state index contributed by atoms with van der Waals surface area (Å²) in [6.45, 7) is -0.0370. The molecular weight excluding hydrogens is 560 g/mol. The summed E-state index contributed by atoms with van der Waals surface area (Å²) in [5.41, 5.74) is 2.23. The number of nitrogens with one attached hydrogen (secondary N) is 3. The van der Waals surface area contributed by atoms with Gasteiger partial charge in [-0.05, 0) is 37.8 Å². The molecule has 2 aliphatic carbocycles. The molecule has 1 aromatic carbocycles. The molecule has 0 bridgehead atoms. The summed E-state index contributed by atoms with van der Waals surface area (Å²) in [5.74, 6) is -4.10. The number of amides is 3. The van der Waals surface area contributed by atoms with Crippen molar-refractivity contribution in [3.8, 4) is 16.9 Å². The summed E-state index contributed by atoms with van der Waals surface area (Å²) in [7, 11) is 4.48. The number of ether oxygens (including phenoxy) is 1. The second-order valence-corrected chi connectivity index (χ2v) is 10.8. The minimum atomic E-state index is -2.76. The maximum Gasteiger partial charge on any atom is 0.273 e. The number of carbonyl (C=O) groups excluding carboxylic acids is 3. The number of aromatic nitrogens is 3. The van der Waals surface area contributed by atoms with Gasteiger partial charge in [0.2, 0.25) is 5.91 Å². The summed E-state index contributed by atoms with van der Waals surface area (Å²) in [6, 6.07) is 10.1. The maximum atomic E-state index is 14.1. The van der Waals surface area contributed by atoms with Crippen molar-refractivity contribution in [2.45, 2.75) is 38.0 Å². The molecule has 13 heteroatoms. The first-order valence-electron chi connectivity index (χ1n) is 14.1. The standard InChI is InChI=1S/C30H33F2N7O4/c1-33-28(41)25-23(14-24(37-38-25)36-27(40)17-9-10-17)35-21-8-4-7-20(26(21)43-3)18-11-12-22(34-15-18)29(42)39(2)16-19-6-5-13-30(19,31)32/h4,7-8,11-12,14-15,17,19H,5-6,9-10,13,16H2,1-3H3,(H,33,41)(H2,35,36,37,40)/t19-/m1/s1. The minimum Gasteiger partial charge on any atom is -0.494 e. The molecule has 0 spiro atoms. The third-order valence-electron chi connectivity index (χ3n) is 7.72. The van der Waals surface area contributed by atoms with Crippen LogP contribution in [0.25, 0.3) is 11.1 Å². The number of rotatable bonds is 10. The van der Waals surface area contributed by atoms with Crippen LogP contribution in [0.15, 0.2) is 42.6 Å². The molecule has 0 saturated heterocycles. The van der Waals surface area contributed by atoms with Gasteiger partial charge >= 0.3 is 0 Å². The summed E-state index contributed by atoms with van der Waals surface area (Å²) in [5, 5.41) is 16.5. The zero-order valence-electron chi connectivity index (χ0n) is 24.1. The number of nitrogens with zero attached hydrogens (tertiary/aromatic N) is 4. The predicted molar refractivity (Wildman–Crippen MR) is 156 cm³/mol. The van der Waals surface area contributed by atoms with Crippen molar-refractivity contribution in [2.75, 3.05) is 38.4 Å². The molecule has 2 saturated carbocycles. The number of anilines is 3. The topological polar surface area (TPSA) is 138 Å². The second-order valence-electron chi connectivity index (χ2n) is 10.8. The van der Waals surface area contributed by atoms with E-state index in [1.165, 1.54) is 38.4 Å². The summed E-state index contributed by atoms with van der Waals surface area (Å²) in [4.78, 5) is 43.3. The fourth-order valence-corrected chi connectivity index (χ4v) is 5.15. The Hall–Kier alpha value is -4.68. The lowest BCUT2D eigenvalue weighted by Crippen LogP contribution is -2.37. The van der Waals surface area contributed by atoms with Crippen LogP contribution in [0.5, 0.6) is 5.75 Å². The Kier molecular flexibility index (Phi) is 8.51. The SMILES string of the molecule is CNC(=O)c1nnc(NC(=O)C2CC2)cc1Nc1cccc(-c2ccc(C(=O)N(C)C[C@H]3CCCC3(F)F)nc2)c1OC. The number of hydrogen-bond donors (Lipinski definition) is 3. The smallest absolute Gasteiger partial charge is 0.273 e. The van der Waals surface area contributed by atoms with Gasteiger partial charge in [0.15, 0.2) is 11.5 Å². The van der Waals surface area contributed by atoms with E-state index < -0.39 is 23.7 Å². The van der Waals surface area contributed by atoms with Crippen molar-refractivity contribution >= 4 is 34.9 Å². The lowest BCUT2D eigenvalue weighted by Gasteiger charge is -2.25. The van der Waals surface area contributed by atoms with Gasteiger partial charge in [-0.2, -0.15) is 0 Å². The second kappa shape index (κ2) is 12.3. The van der Waals surface area contributed by atoms with E-state index in [1.807, 2.05) is 6.07 Å². The van der Waals surface area contributed by atoms with Crippen molar-refractivity contribution in [3.05, 3.63) is 54.0 Å². The fraction of sp³-hybridized carbons (Fsp3) is 0.400. The highest BCUT2D eigenvalue weighted by Gasteiger charge is 2.44. The quantitative estimate of drug-likeness (QED) is 0.312. The Morgan fingerprint density at radius 2 is 1.88 bits per heavy atom. The minimum absolute atomic E-state index is 0.0170. The molecule has 2 aliphatic rings. The van der Waals surface area contributed by atoms with E-state index >= 15 is 0 Å². The summed E-state index contributed by atoms with van der Waals surface area (Å²) >= 11 is 0. The van der Waals surface area contributed by atoms with Gasteiger partial charge < -0.3 is 25.6 Å². The van der Waals surface area contributed by atoms with Crippen LogP contribution in [0.2, 0.25) is 0 Å². The number of hydrogen-bond acceptors (Lipinski definition) is 8. The zero-order valence-corrected chi connectivity index (χ0v) is 24.1. The molecule has 2 aromatic heterocycles. The first-order valence-corrected chi connectivity index (χ1v) is 14.1. The molecule has 0 radical (unpaired) electrons. The van der Waals surface area contributed by atoms with E-state index in [0.29, 0.717) is 41.1 Å². The number of halogens is 2. The molecule has 2 fully saturated rings. The molecule has 0 unspecified atom stereocenters. The Bertz CT molecular complexity index is 1530. The van der Waals surface area contributed by atoms with Crippen molar-refractivity contribution in [1.29, 1.82) is 0 Å². The van der Waals surface area contributed by atoms with E-state index in [2.05, 4.69) is 31.1 Å². The van der Waals surface area contributed by atoms with Gasteiger partial charge in [0.05, 0.1) is 18.5 Å². The number of methoxy groups -OCH3 is 1. The molecular formula is C30H33F2N7O4. The highest BCUT2D eigenvalue weighted by molar-refractivity contribution is 6.00. The van der Waals surface area contributed by atoms with Crippen LogP contribution in [0.1, 0.15) is 53.1 Å². The van der Waals surface area contributed by atoms with Crippen LogP contribution < -0.4 is 20.7 Å². The van der Waals surface area contributed by atoms with Crippen LogP contribution in [0.4, 0.5) is 26.0 Å².